The Balaban J connectivity index is 1.35. The molecule has 29 heavy (non-hydrogen) atoms. The lowest BCUT2D eigenvalue weighted by Crippen LogP contribution is -2.47. The van der Waals surface area contributed by atoms with Gasteiger partial charge in [-0.3, -0.25) is 0 Å². The molecule has 0 radical (unpaired) electrons. The number of hydrogen-bond donors (Lipinski definition) is 0. The number of piperidine rings is 1. The first kappa shape index (κ1) is 18.1. The molecule has 5 heterocycles. The minimum Gasteiger partial charge on any atom is -0.378 e. The van der Waals surface area contributed by atoms with Crippen molar-refractivity contribution in [1.82, 2.24) is 24.6 Å². The lowest BCUT2D eigenvalue weighted by molar-refractivity contribution is 0.122. The first-order valence-corrected chi connectivity index (χ1v) is 10.2. The van der Waals surface area contributed by atoms with Crippen LogP contribution in [-0.2, 0) is 4.74 Å². The molecule has 0 bridgehead atoms. The third kappa shape index (κ3) is 3.57. The number of morpholine rings is 1. The Morgan fingerprint density at radius 2 is 1.93 bits per heavy atom. The van der Waals surface area contributed by atoms with E-state index in [0.29, 0.717) is 6.04 Å². The van der Waals surface area contributed by atoms with Crippen LogP contribution in [0.1, 0.15) is 12.8 Å². The summed E-state index contributed by atoms with van der Waals surface area (Å²) in [6.07, 6.45) is 9.64. The summed E-state index contributed by atoms with van der Waals surface area (Å²) < 4.78 is 7.33. The third-order valence-electron chi connectivity index (χ3n) is 5.83. The van der Waals surface area contributed by atoms with Crippen LogP contribution in [-0.4, -0.2) is 77.0 Å². The normalized spacial score (nSPS) is 20.2. The maximum atomic E-state index is 5.45. The molecule has 3 aromatic rings. The first-order chi connectivity index (χ1) is 14.3. The van der Waals surface area contributed by atoms with Gasteiger partial charge in [0.05, 0.1) is 19.4 Å². The van der Waals surface area contributed by atoms with E-state index in [9.17, 15) is 0 Å². The Morgan fingerprint density at radius 1 is 1.03 bits per heavy atom. The minimum absolute atomic E-state index is 0.362. The molecule has 0 aromatic carbocycles. The van der Waals surface area contributed by atoms with Gasteiger partial charge in [0.1, 0.15) is 11.3 Å². The van der Waals surface area contributed by atoms with Crippen LogP contribution in [0.25, 0.3) is 5.52 Å². The van der Waals surface area contributed by atoms with Crippen molar-refractivity contribution >= 4 is 23.1 Å². The molecule has 5 rings (SSSR count). The molecule has 2 saturated heterocycles. The van der Waals surface area contributed by atoms with Crippen molar-refractivity contribution < 1.29 is 4.74 Å². The van der Waals surface area contributed by atoms with Crippen molar-refractivity contribution in [3.05, 3.63) is 36.9 Å². The van der Waals surface area contributed by atoms with Crippen molar-refractivity contribution in [2.75, 3.05) is 61.1 Å². The van der Waals surface area contributed by atoms with Crippen molar-refractivity contribution in [2.24, 2.45) is 0 Å². The van der Waals surface area contributed by atoms with Gasteiger partial charge in [0.2, 0.25) is 5.95 Å². The van der Waals surface area contributed by atoms with E-state index in [1.807, 2.05) is 41.4 Å². The molecule has 1 atom stereocenters. The van der Waals surface area contributed by atoms with Crippen molar-refractivity contribution in [1.29, 1.82) is 0 Å². The third-order valence-corrected chi connectivity index (χ3v) is 5.83. The molecule has 2 aliphatic heterocycles. The Hall–Kier alpha value is -2.94. The molecule has 0 saturated carbocycles. The van der Waals surface area contributed by atoms with Gasteiger partial charge in [0, 0.05) is 57.9 Å². The summed E-state index contributed by atoms with van der Waals surface area (Å²) in [7, 11) is 2.13. The summed E-state index contributed by atoms with van der Waals surface area (Å²) in [6.45, 7) is 5.05. The predicted octanol–water partition coefficient (Wildman–Crippen LogP) is 1.46. The zero-order valence-corrected chi connectivity index (χ0v) is 16.7. The Labute approximate surface area is 169 Å². The van der Waals surface area contributed by atoms with E-state index in [1.54, 1.807) is 0 Å². The van der Waals surface area contributed by atoms with Gasteiger partial charge in [-0.15, -0.1) is 0 Å². The number of nitrogens with zero attached hydrogens (tertiary/aromatic N) is 8. The summed E-state index contributed by atoms with van der Waals surface area (Å²) in [4.78, 5) is 20.8. The Kier molecular flexibility index (Phi) is 4.89. The number of ether oxygens (including phenoxy) is 1. The van der Waals surface area contributed by atoms with Crippen molar-refractivity contribution in [3.8, 4) is 0 Å². The zero-order chi connectivity index (χ0) is 19.6. The van der Waals surface area contributed by atoms with E-state index in [1.165, 1.54) is 0 Å². The molecule has 9 nitrogen and oxygen atoms in total. The Bertz CT molecular complexity index is 970. The van der Waals surface area contributed by atoms with Gasteiger partial charge < -0.3 is 19.4 Å². The van der Waals surface area contributed by atoms with Crippen LogP contribution in [0, 0.1) is 0 Å². The van der Waals surface area contributed by atoms with Gasteiger partial charge in [-0.25, -0.2) is 14.5 Å². The fourth-order valence-electron chi connectivity index (χ4n) is 4.19. The highest BCUT2D eigenvalue weighted by molar-refractivity contribution is 5.68. The van der Waals surface area contributed by atoms with Gasteiger partial charge in [0.25, 0.3) is 0 Å². The zero-order valence-electron chi connectivity index (χ0n) is 16.7. The summed E-state index contributed by atoms with van der Waals surface area (Å²) in [5, 5.41) is 4.34. The van der Waals surface area contributed by atoms with Gasteiger partial charge >= 0.3 is 0 Å². The lowest BCUT2D eigenvalue weighted by Gasteiger charge is -2.39. The van der Waals surface area contributed by atoms with Gasteiger partial charge in [-0.05, 0) is 25.0 Å². The number of likely N-dealkylation sites (N-methyl/N-ethyl adjacent to an activating group) is 1. The summed E-state index contributed by atoms with van der Waals surface area (Å²) in [5.74, 6) is 2.75. The second kappa shape index (κ2) is 7.82. The van der Waals surface area contributed by atoms with Crippen molar-refractivity contribution in [2.45, 2.75) is 18.9 Å². The minimum atomic E-state index is 0.362. The van der Waals surface area contributed by atoms with Crippen molar-refractivity contribution in [3.63, 3.8) is 0 Å². The summed E-state index contributed by atoms with van der Waals surface area (Å²) in [6, 6.07) is 4.38. The monoisotopic (exact) mass is 394 g/mol. The predicted molar refractivity (Wildman–Crippen MR) is 112 cm³/mol. The molecule has 152 valence electrons. The van der Waals surface area contributed by atoms with E-state index in [-0.39, 0.29) is 0 Å². The highest BCUT2D eigenvalue weighted by Crippen LogP contribution is 2.26. The lowest BCUT2D eigenvalue weighted by atomic mass is 10.0. The number of hydrogen-bond acceptors (Lipinski definition) is 8. The van der Waals surface area contributed by atoms with E-state index < -0.39 is 0 Å². The molecule has 2 fully saturated rings. The molecule has 0 amide bonds. The van der Waals surface area contributed by atoms with Gasteiger partial charge in [0.15, 0.2) is 5.82 Å². The van der Waals surface area contributed by atoms with E-state index in [0.717, 1.165) is 75.3 Å². The van der Waals surface area contributed by atoms with Gasteiger partial charge in [-0.1, -0.05) is 0 Å². The first-order valence-electron chi connectivity index (χ1n) is 10.2. The summed E-state index contributed by atoms with van der Waals surface area (Å²) >= 11 is 0. The Morgan fingerprint density at radius 3 is 2.83 bits per heavy atom. The molecule has 1 unspecified atom stereocenters. The van der Waals surface area contributed by atoms with E-state index >= 15 is 0 Å². The molecular formula is C20H26N8O. The largest absolute Gasteiger partial charge is 0.378 e. The topological polar surface area (TPSA) is 74.9 Å². The molecule has 9 heteroatoms. The molecule has 0 N–H and O–H groups in total. The molecule has 0 aliphatic carbocycles. The molecule has 0 spiro atoms. The van der Waals surface area contributed by atoms with Crippen LogP contribution < -0.4 is 14.7 Å². The quantitative estimate of drug-likeness (QED) is 0.658. The number of fused-ring (bicyclic) bond motifs is 1. The number of aromatic nitrogens is 5. The maximum absolute atomic E-state index is 5.45. The van der Waals surface area contributed by atoms with E-state index in [4.69, 9.17) is 9.72 Å². The second-order valence-electron chi connectivity index (χ2n) is 7.58. The maximum Gasteiger partial charge on any atom is 0.227 e. The number of anilines is 3. The fourth-order valence-corrected chi connectivity index (χ4v) is 4.19. The SMILES string of the molecule is CN(c1ccnc(N2CCOCC2)n1)C1CCCN(c2nccn3nccc23)C1. The summed E-state index contributed by atoms with van der Waals surface area (Å²) in [5.41, 5.74) is 1.05. The highest BCUT2D eigenvalue weighted by atomic mass is 16.5. The standard InChI is InChI=1S/C20H26N8O/c1-25(18-5-6-22-20(24-18)26-11-13-29-14-12-26)16-3-2-9-27(15-16)19-17-4-7-23-28(17)10-8-21-19/h4-8,10,16H,2-3,9,11-15H2,1H3. The van der Waals surface area contributed by atoms with Crippen LogP contribution in [0.4, 0.5) is 17.6 Å². The van der Waals surface area contributed by atoms with Crippen LogP contribution in [0.5, 0.6) is 0 Å². The second-order valence-corrected chi connectivity index (χ2v) is 7.58. The van der Waals surface area contributed by atoms with Gasteiger partial charge in [-0.2, -0.15) is 10.1 Å². The average molecular weight is 394 g/mol. The smallest absolute Gasteiger partial charge is 0.227 e. The highest BCUT2D eigenvalue weighted by Gasteiger charge is 2.26. The van der Waals surface area contributed by atoms with Crippen LogP contribution in [0.3, 0.4) is 0 Å². The molecular weight excluding hydrogens is 368 g/mol. The fraction of sp³-hybridized carbons (Fsp3) is 0.500. The molecule has 2 aliphatic rings. The molecule has 3 aromatic heterocycles. The van der Waals surface area contributed by atoms with Crippen LogP contribution >= 0.6 is 0 Å². The van der Waals surface area contributed by atoms with Crippen LogP contribution in [0.15, 0.2) is 36.9 Å². The van der Waals surface area contributed by atoms with E-state index in [2.05, 4.69) is 36.8 Å². The van der Waals surface area contributed by atoms with Crippen LogP contribution in [0.2, 0.25) is 0 Å². The number of rotatable bonds is 4. The average Bonchev–Trinajstić information content (AvgIpc) is 3.28.